The molecule has 0 saturated heterocycles. The van der Waals surface area contributed by atoms with Gasteiger partial charge in [0.2, 0.25) is 0 Å². The van der Waals surface area contributed by atoms with Crippen molar-refractivity contribution in [3.63, 3.8) is 0 Å². The molecular formula is C13H10N4O. The van der Waals surface area contributed by atoms with E-state index < -0.39 is 0 Å². The van der Waals surface area contributed by atoms with Crippen LogP contribution in [0.25, 0.3) is 22.4 Å². The number of aromatic nitrogens is 4. The molecular weight excluding hydrogens is 228 g/mol. The van der Waals surface area contributed by atoms with Crippen LogP contribution >= 0.6 is 0 Å². The molecule has 1 aromatic carbocycles. The first-order chi connectivity index (χ1) is 8.74. The van der Waals surface area contributed by atoms with Crippen molar-refractivity contribution in [2.75, 3.05) is 0 Å². The molecule has 0 spiro atoms. The third-order valence-corrected chi connectivity index (χ3v) is 2.70. The number of benzene rings is 1. The minimum absolute atomic E-state index is 0.258. The standard InChI is InChI=1S/C13H10N4O/c1-8-2-4-9(5-3-8)10-6-14-11-12(17-10)15-7-16-13(11)18/h2-7H,1H3,(H,15,16,17,18). The molecule has 0 unspecified atom stereocenters. The van der Waals surface area contributed by atoms with Gasteiger partial charge >= 0.3 is 0 Å². The molecule has 0 radical (unpaired) electrons. The zero-order valence-electron chi connectivity index (χ0n) is 9.71. The number of aromatic amines is 1. The molecule has 0 atom stereocenters. The molecule has 2 heterocycles. The lowest BCUT2D eigenvalue weighted by Crippen LogP contribution is -2.09. The second-order valence-corrected chi connectivity index (χ2v) is 4.03. The maximum absolute atomic E-state index is 11.5. The van der Waals surface area contributed by atoms with Gasteiger partial charge in [-0.25, -0.2) is 15.0 Å². The van der Waals surface area contributed by atoms with Crippen LogP contribution in [0.3, 0.4) is 0 Å². The molecule has 0 saturated carbocycles. The van der Waals surface area contributed by atoms with Crippen molar-refractivity contribution in [2.45, 2.75) is 6.92 Å². The van der Waals surface area contributed by atoms with Crippen LogP contribution in [0.15, 0.2) is 41.6 Å². The summed E-state index contributed by atoms with van der Waals surface area (Å²) in [6, 6.07) is 7.95. The Hall–Kier alpha value is -2.56. The normalized spacial score (nSPS) is 10.7. The van der Waals surface area contributed by atoms with Crippen molar-refractivity contribution >= 4 is 11.2 Å². The predicted molar refractivity (Wildman–Crippen MR) is 68.1 cm³/mol. The number of H-pyrrole nitrogens is 1. The monoisotopic (exact) mass is 238 g/mol. The van der Waals surface area contributed by atoms with Gasteiger partial charge in [0, 0.05) is 5.56 Å². The van der Waals surface area contributed by atoms with Crippen LogP contribution in [0.4, 0.5) is 0 Å². The number of aryl methyl sites for hydroxylation is 1. The van der Waals surface area contributed by atoms with Crippen molar-refractivity contribution in [2.24, 2.45) is 0 Å². The lowest BCUT2D eigenvalue weighted by Gasteiger charge is -2.01. The Morgan fingerprint density at radius 1 is 1.11 bits per heavy atom. The van der Waals surface area contributed by atoms with Crippen molar-refractivity contribution in [1.82, 2.24) is 19.9 Å². The zero-order valence-corrected chi connectivity index (χ0v) is 9.71. The summed E-state index contributed by atoms with van der Waals surface area (Å²) in [6.45, 7) is 2.02. The summed E-state index contributed by atoms with van der Waals surface area (Å²) in [4.78, 5) is 26.4. The van der Waals surface area contributed by atoms with E-state index in [1.165, 1.54) is 11.9 Å². The summed E-state index contributed by atoms with van der Waals surface area (Å²) >= 11 is 0. The van der Waals surface area contributed by atoms with Crippen LogP contribution in [0.5, 0.6) is 0 Å². The summed E-state index contributed by atoms with van der Waals surface area (Å²) in [7, 11) is 0. The van der Waals surface area contributed by atoms with Gasteiger partial charge in [0.15, 0.2) is 11.2 Å². The highest BCUT2D eigenvalue weighted by Gasteiger charge is 2.05. The average Bonchev–Trinajstić information content (AvgIpc) is 2.39. The summed E-state index contributed by atoms with van der Waals surface area (Å²) in [6.07, 6.45) is 2.92. The molecule has 5 heteroatoms. The van der Waals surface area contributed by atoms with E-state index in [9.17, 15) is 4.79 Å². The molecule has 18 heavy (non-hydrogen) atoms. The molecule has 0 amide bonds. The van der Waals surface area contributed by atoms with E-state index in [0.29, 0.717) is 11.3 Å². The quantitative estimate of drug-likeness (QED) is 0.700. The SMILES string of the molecule is Cc1ccc(-c2cnc3c(=O)[nH]cnc3n2)cc1. The second-order valence-electron chi connectivity index (χ2n) is 4.03. The van der Waals surface area contributed by atoms with Gasteiger partial charge in [-0.2, -0.15) is 0 Å². The van der Waals surface area contributed by atoms with Gasteiger partial charge in [-0.3, -0.25) is 4.79 Å². The Morgan fingerprint density at radius 3 is 2.67 bits per heavy atom. The van der Waals surface area contributed by atoms with Crippen LogP contribution < -0.4 is 5.56 Å². The van der Waals surface area contributed by atoms with E-state index in [1.54, 1.807) is 6.20 Å². The zero-order chi connectivity index (χ0) is 12.5. The molecule has 0 fully saturated rings. The molecule has 1 N–H and O–H groups in total. The van der Waals surface area contributed by atoms with E-state index >= 15 is 0 Å². The average molecular weight is 238 g/mol. The van der Waals surface area contributed by atoms with Gasteiger partial charge in [-0.05, 0) is 6.92 Å². The van der Waals surface area contributed by atoms with E-state index in [2.05, 4.69) is 19.9 Å². The Morgan fingerprint density at radius 2 is 1.89 bits per heavy atom. The molecule has 0 aliphatic heterocycles. The maximum atomic E-state index is 11.5. The van der Waals surface area contributed by atoms with Crippen molar-refractivity contribution < 1.29 is 0 Å². The van der Waals surface area contributed by atoms with Gasteiger partial charge in [0.1, 0.15) is 0 Å². The van der Waals surface area contributed by atoms with Gasteiger partial charge < -0.3 is 4.98 Å². The number of rotatable bonds is 1. The fraction of sp³-hybridized carbons (Fsp3) is 0.0769. The van der Waals surface area contributed by atoms with Crippen molar-refractivity contribution in [1.29, 1.82) is 0 Å². The fourth-order valence-electron chi connectivity index (χ4n) is 1.71. The maximum Gasteiger partial charge on any atom is 0.278 e. The second kappa shape index (κ2) is 4.03. The Kier molecular flexibility index (Phi) is 2.37. The van der Waals surface area contributed by atoms with Gasteiger partial charge in [0.05, 0.1) is 18.2 Å². The summed E-state index contributed by atoms with van der Waals surface area (Å²) in [5.74, 6) is 0. The highest BCUT2D eigenvalue weighted by Crippen LogP contribution is 2.17. The Labute approximate surface area is 103 Å². The largest absolute Gasteiger partial charge is 0.311 e. The summed E-state index contributed by atoms with van der Waals surface area (Å²) < 4.78 is 0. The molecule has 5 nitrogen and oxygen atoms in total. The molecule has 0 aliphatic rings. The Balaban J connectivity index is 2.19. The number of hydrogen-bond acceptors (Lipinski definition) is 4. The van der Waals surface area contributed by atoms with Crippen LogP contribution in [0, 0.1) is 6.92 Å². The van der Waals surface area contributed by atoms with Gasteiger partial charge in [-0.15, -0.1) is 0 Å². The van der Waals surface area contributed by atoms with Crippen molar-refractivity contribution in [3.8, 4) is 11.3 Å². The van der Waals surface area contributed by atoms with Crippen LogP contribution in [0.2, 0.25) is 0 Å². The lowest BCUT2D eigenvalue weighted by atomic mass is 10.1. The summed E-state index contributed by atoms with van der Waals surface area (Å²) in [5.41, 5.74) is 3.19. The van der Waals surface area contributed by atoms with E-state index in [0.717, 1.165) is 5.56 Å². The van der Waals surface area contributed by atoms with Gasteiger partial charge in [0.25, 0.3) is 5.56 Å². The third kappa shape index (κ3) is 1.75. The topological polar surface area (TPSA) is 71.5 Å². The first kappa shape index (κ1) is 10.6. The highest BCUT2D eigenvalue weighted by molar-refractivity contribution is 5.72. The molecule has 3 rings (SSSR count). The molecule has 3 aromatic rings. The molecule has 2 aromatic heterocycles. The van der Waals surface area contributed by atoms with Crippen LogP contribution in [-0.4, -0.2) is 19.9 Å². The first-order valence-electron chi connectivity index (χ1n) is 5.51. The number of nitrogens with one attached hydrogen (secondary N) is 1. The van der Waals surface area contributed by atoms with E-state index in [4.69, 9.17) is 0 Å². The lowest BCUT2D eigenvalue weighted by molar-refractivity contribution is 1.11. The highest BCUT2D eigenvalue weighted by atomic mass is 16.1. The fourth-order valence-corrected chi connectivity index (χ4v) is 1.71. The minimum Gasteiger partial charge on any atom is -0.311 e. The first-order valence-corrected chi connectivity index (χ1v) is 5.51. The van der Waals surface area contributed by atoms with E-state index in [1.807, 2.05) is 31.2 Å². The Bertz CT molecular complexity index is 762. The third-order valence-electron chi connectivity index (χ3n) is 2.70. The van der Waals surface area contributed by atoms with Crippen LogP contribution in [0.1, 0.15) is 5.56 Å². The molecule has 0 bridgehead atoms. The van der Waals surface area contributed by atoms with Crippen molar-refractivity contribution in [3.05, 3.63) is 52.7 Å². The van der Waals surface area contributed by atoms with Gasteiger partial charge in [-0.1, -0.05) is 29.8 Å². The number of hydrogen-bond donors (Lipinski definition) is 1. The number of nitrogens with zero attached hydrogens (tertiary/aromatic N) is 3. The van der Waals surface area contributed by atoms with E-state index in [-0.39, 0.29) is 11.1 Å². The minimum atomic E-state index is -0.275. The smallest absolute Gasteiger partial charge is 0.278 e. The molecule has 0 aliphatic carbocycles. The summed E-state index contributed by atoms with van der Waals surface area (Å²) in [5, 5.41) is 0. The van der Waals surface area contributed by atoms with Crippen LogP contribution in [-0.2, 0) is 0 Å². The predicted octanol–water partition coefficient (Wildman–Crippen LogP) is 1.69. The number of fused-ring (bicyclic) bond motifs is 1. The molecule has 88 valence electrons.